The summed E-state index contributed by atoms with van der Waals surface area (Å²) in [5.41, 5.74) is 2.54. The molecule has 1 heterocycles. The first-order valence-corrected chi connectivity index (χ1v) is 10.6. The highest BCUT2D eigenvalue weighted by atomic mass is 35.5. The Morgan fingerprint density at radius 1 is 0.939 bits per heavy atom. The number of benzene rings is 3. The molecule has 1 amide bonds. The SMILES string of the molecule is COc1ccc(C(=O)NCc2nc3ccccc3n2CC(=O)c2ccc(Cl)cc2)cc1OC. The fraction of sp³-hybridized carbons (Fsp3) is 0.160. The third-order valence-corrected chi connectivity index (χ3v) is 5.51. The molecule has 0 saturated heterocycles. The molecular weight excluding hydrogens is 442 g/mol. The van der Waals surface area contributed by atoms with E-state index in [1.807, 2.05) is 28.8 Å². The van der Waals surface area contributed by atoms with E-state index < -0.39 is 0 Å². The number of halogens is 1. The van der Waals surface area contributed by atoms with Crippen LogP contribution in [0.1, 0.15) is 26.5 Å². The van der Waals surface area contributed by atoms with Gasteiger partial charge in [0.25, 0.3) is 5.91 Å². The number of ketones is 1. The monoisotopic (exact) mass is 463 g/mol. The van der Waals surface area contributed by atoms with Crippen molar-refractivity contribution in [1.29, 1.82) is 0 Å². The third-order valence-electron chi connectivity index (χ3n) is 5.25. The Morgan fingerprint density at radius 2 is 1.64 bits per heavy atom. The highest BCUT2D eigenvalue weighted by molar-refractivity contribution is 6.30. The molecule has 0 spiro atoms. The summed E-state index contributed by atoms with van der Waals surface area (Å²) < 4.78 is 12.3. The number of para-hydroxylation sites is 2. The molecule has 8 heteroatoms. The van der Waals surface area contributed by atoms with Crippen molar-refractivity contribution in [1.82, 2.24) is 14.9 Å². The zero-order valence-electron chi connectivity index (χ0n) is 18.2. The number of aromatic nitrogens is 2. The van der Waals surface area contributed by atoms with Crippen LogP contribution in [0.25, 0.3) is 11.0 Å². The van der Waals surface area contributed by atoms with Crippen molar-refractivity contribution < 1.29 is 19.1 Å². The first kappa shape index (κ1) is 22.4. The molecule has 1 aromatic heterocycles. The Balaban J connectivity index is 1.57. The van der Waals surface area contributed by atoms with Crippen LogP contribution < -0.4 is 14.8 Å². The largest absolute Gasteiger partial charge is 0.493 e. The molecule has 7 nitrogen and oxygen atoms in total. The van der Waals surface area contributed by atoms with Crippen LogP contribution in [-0.4, -0.2) is 35.5 Å². The molecule has 0 radical (unpaired) electrons. The molecule has 4 rings (SSSR count). The van der Waals surface area contributed by atoms with Crippen LogP contribution in [-0.2, 0) is 13.1 Å². The number of rotatable bonds is 8. The predicted octanol–water partition coefficient (Wildman–Crippen LogP) is 4.52. The van der Waals surface area contributed by atoms with Crippen molar-refractivity contribution in [3.8, 4) is 11.5 Å². The van der Waals surface area contributed by atoms with Gasteiger partial charge in [-0.1, -0.05) is 23.7 Å². The van der Waals surface area contributed by atoms with E-state index in [9.17, 15) is 9.59 Å². The van der Waals surface area contributed by atoms with Crippen LogP contribution in [0.15, 0.2) is 66.7 Å². The molecule has 0 aliphatic carbocycles. The van der Waals surface area contributed by atoms with Gasteiger partial charge in [0.15, 0.2) is 17.3 Å². The highest BCUT2D eigenvalue weighted by Crippen LogP contribution is 2.27. The molecule has 0 saturated carbocycles. The molecule has 0 unspecified atom stereocenters. The number of ether oxygens (including phenoxy) is 2. The van der Waals surface area contributed by atoms with Gasteiger partial charge in [0.2, 0.25) is 0 Å². The summed E-state index contributed by atoms with van der Waals surface area (Å²) in [6.45, 7) is 0.236. The molecule has 168 valence electrons. The Kier molecular flexibility index (Phi) is 6.60. The van der Waals surface area contributed by atoms with Crippen LogP contribution in [0.5, 0.6) is 11.5 Å². The number of imidazole rings is 1. The smallest absolute Gasteiger partial charge is 0.251 e. The molecule has 0 aliphatic heterocycles. The predicted molar refractivity (Wildman–Crippen MR) is 126 cm³/mol. The molecule has 4 aromatic rings. The van der Waals surface area contributed by atoms with Gasteiger partial charge in [0.1, 0.15) is 5.82 Å². The Morgan fingerprint density at radius 3 is 2.36 bits per heavy atom. The number of carbonyl (C=O) groups excluding carboxylic acids is 2. The van der Waals surface area contributed by atoms with Crippen molar-refractivity contribution in [2.24, 2.45) is 0 Å². The number of fused-ring (bicyclic) bond motifs is 1. The van der Waals surface area contributed by atoms with Crippen molar-refractivity contribution in [3.63, 3.8) is 0 Å². The Hall–Kier alpha value is -3.84. The molecule has 33 heavy (non-hydrogen) atoms. The summed E-state index contributed by atoms with van der Waals surface area (Å²) in [7, 11) is 3.05. The van der Waals surface area contributed by atoms with E-state index in [0.29, 0.717) is 33.5 Å². The fourth-order valence-corrected chi connectivity index (χ4v) is 3.67. The average molecular weight is 464 g/mol. The maximum Gasteiger partial charge on any atom is 0.251 e. The number of hydrogen-bond donors (Lipinski definition) is 1. The minimum absolute atomic E-state index is 0.0812. The molecule has 1 N–H and O–H groups in total. The number of nitrogens with zero attached hydrogens (tertiary/aromatic N) is 2. The number of hydrogen-bond acceptors (Lipinski definition) is 5. The maximum absolute atomic E-state index is 12.9. The van der Waals surface area contributed by atoms with Crippen LogP contribution in [0.3, 0.4) is 0 Å². The molecule has 0 atom stereocenters. The maximum atomic E-state index is 12.9. The lowest BCUT2D eigenvalue weighted by Crippen LogP contribution is -2.25. The highest BCUT2D eigenvalue weighted by Gasteiger charge is 2.17. The quantitative estimate of drug-likeness (QED) is 0.388. The summed E-state index contributed by atoms with van der Waals surface area (Å²) in [5, 5.41) is 3.45. The lowest BCUT2D eigenvalue weighted by molar-refractivity contribution is 0.0949. The van der Waals surface area contributed by atoms with Crippen molar-refractivity contribution >= 4 is 34.3 Å². The van der Waals surface area contributed by atoms with Crippen LogP contribution in [0, 0.1) is 0 Å². The summed E-state index contributed by atoms with van der Waals surface area (Å²) in [5.74, 6) is 1.20. The minimum Gasteiger partial charge on any atom is -0.493 e. The molecular formula is C25H22ClN3O4. The second-order valence-corrected chi connectivity index (χ2v) is 7.72. The van der Waals surface area contributed by atoms with Gasteiger partial charge < -0.3 is 19.4 Å². The van der Waals surface area contributed by atoms with Crippen molar-refractivity contribution in [2.45, 2.75) is 13.1 Å². The van der Waals surface area contributed by atoms with Crippen molar-refractivity contribution in [2.75, 3.05) is 14.2 Å². The standard InChI is InChI=1S/C25H22ClN3O4/c1-32-22-12-9-17(13-23(22)33-2)25(31)27-14-24-28-19-5-3-4-6-20(19)29(24)15-21(30)16-7-10-18(26)11-8-16/h3-13H,14-15H2,1-2H3,(H,27,31). The van der Waals surface area contributed by atoms with Crippen molar-refractivity contribution in [3.05, 3.63) is 88.7 Å². The van der Waals surface area contributed by atoms with E-state index >= 15 is 0 Å². The summed E-state index contributed by atoms with van der Waals surface area (Å²) in [6.07, 6.45) is 0. The summed E-state index contributed by atoms with van der Waals surface area (Å²) in [6, 6.07) is 19.3. The third kappa shape index (κ3) is 4.83. The number of methoxy groups -OCH3 is 2. The molecule has 0 bridgehead atoms. The van der Waals surface area contributed by atoms with Gasteiger partial charge in [-0.2, -0.15) is 0 Å². The van der Waals surface area contributed by atoms with Crippen LogP contribution in [0.4, 0.5) is 0 Å². The van der Waals surface area contributed by atoms with Gasteiger partial charge in [-0.05, 0) is 54.6 Å². The number of amides is 1. The van der Waals surface area contributed by atoms with E-state index in [1.165, 1.54) is 14.2 Å². The number of Topliss-reactive ketones (excluding diaryl/α,β-unsaturated/α-hetero) is 1. The second-order valence-electron chi connectivity index (χ2n) is 7.29. The zero-order chi connectivity index (χ0) is 23.4. The first-order chi connectivity index (χ1) is 16.0. The molecule has 3 aromatic carbocycles. The second kappa shape index (κ2) is 9.75. The summed E-state index contributed by atoms with van der Waals surface area (Å²) in [4.78, 5) is 30.3. The van der Waals surface area contributed by atoms with E-state index in [0.717, 1.165) is 11.0 Å². The fourth-order valence-electron chi connectivity index (χ4n) is 3.55. The first-order valence-electron chi connectivity index (χ1n) is 10.2. The average Bonchev–Trinajstić information content (AvgIpc) is 3.19. The topological polar surface area (TPSA) is 82.5 Å². The van der Waals surface area contributed by atoms with Crippen LogP contribution in [0.2, 0.25) is 5.02 Å². The van der Waals surface area contributed by atoms with Crippen LogP contribution >= 0.6 is 11.6 Å². The van der Waals surface area contributed by atoms with Gasteiger partial charge in [-0.25, -0.2) is 4.98 Å². The van der Waals surface area contributed by atoms with E-state index in [-0.39, 0.29) is 24.8 Å². The van der Waals surface area contributed by atoms with E-state index in [4.69, 9.17) is 21.1 Å². The van der Waals surface area contributed by atoms with Gasteiger partial charge in [0, 0.05) is 16.1 Å². The Labute approximate surface area is 195 Å². The lowest BCUT2D eigenvalue weighted by Gasteiger charge is -2.11. The zero-order valence-corrected chi connectivity index (χ0v) is 18.9. The van der Waals surface area contributed by atoms with Gasteiger partial charge in [-0.3, -0.25) is 9.59 Å². The van der Waals surface area contributed by atoms with Gasteiger partial charge in [0.05, 0.1) is 38.3 Å². The van der Waals surface area contributed by atoms with E-state index in [2.05, 4.69) is 10.3 Å². The molecule has 0 fully saturated rings. The minimum atomic E-state index is -0.293. The normalized spacial score (nSPS) is 10.8. The van der Waals surface area contributed by atoms with Gasteiger partial charge >= 0.3 is 0 Å². The van der Waals surface area contributed by atoms with Gasteiger partial charge in [-0.15, -0.1) is 0 Å². The molecule has 0 aliphatic rings. The number of nitrogens with one attached hydrogen (secondary N) is 1. The Bertz CT molecular complexity index is 1320. The van der Waals surface area contributed by atoms with E-state index in [1.54, 1.807) is 42.5 Å². The number of carbonyl (C=O) groups is 2. The lowest BCUT2D eigenvalue weighted by atomic mass is 10.1. The summed E-state index contributed by atoms with van der Waals surface area (Å²) >= 11 is 5.94.